The summed E-state index contributed by atoms with van der Waals surface area (Å²) in [7, 11) is -4.03. The summed E-state index contributed by atoms with van der Waals surface area (Å²) < 4.78 is 20.7. The summed E-state index contributed by atoms with van der Waals surface area (Å²) in [5.41, 5.74) is 0. The molecule has 0 aromatic heterocycles. The molecule has 10 heavy (non-hydrogen) atoms. The molecule has 6 heteroatoms. The second-order valence-corrected chi connectivity index (χ2v) is 3.27. The average molecular weight is 165 g/mol. The number of hydrogen-bond acceptors (Lipinski definition) is 3. The minimum absolute atomic E-state index is 0.762. The lowest BCUT2D eigenvalue weighted by Gasteiger charge is -2.01. The molecule has 5 nitrogen and oxygen atoms in total. The van der Waals surface area contributed by atoms with E-state index < -0.39 is 21.2 Å². The first-order valence-corrected chi connectivity index (χ1v) is 3.87. The molecule has 0 saturated carbocycles. The lowest BCUT2D eigenvalue weighted by molar-refractivity contribution is -0.135. The van der Waals surface area contributed by atoms with Gasteiger partial charge in [0.2, 0.25) is 10.0 Å². The van der Waals surface area contributed by atoms with Crippen LogP contribution >= 0.6 is 0 Å². The molecule has 0 heterocycles. The summed E-state index contributed by atoms with van der Waals surface area (Å²) in [6, 6.07) is 0. The van der Waals surface area contributed by atoms with E-state index >= 15 is 0 Å². The fraction of sp³-hybridized carbons (Fsp3) is 0.250. The zero-order chi connectivity index (χ0) is 8.36. The van der Waals surface area contributed by atoms with Crippen molar-refractivity contribution in [2.45, 2.75) is 5.25 Å². The Kier molecular flexibility index (Phi) is 2.56. The first kappa shape index (κ1) is 9.12. The summed E-state index contributed by atoms with van der Waals surface area (Å²) in [4.78, 5) is 10.0. The highest BCUT2D eigenvalue weighted by atomic mass is 32.2. The molecule has 0 bridgehead atoms. The van der Waals surface area contributed by atoms with Crippen LogP contribution in [0.1, 0.15) is 0 Å². The van der Waals surface area contributed by atoms with Crippen molar-refractivity contribution in [3.63, 3.8) is 0 Å². The van der Waals surface area contributed by atoms with E-state index in [1.54, 1.807) is 0 Å². The highest BCUT2D eigenvalue weighted by Gasteiger charge is 2.25. The van der Waals surface area contributed by atoms with E-state index in [0.29, 0.717) is 0 Å². The van der Waals surface area contributed by atoms with Crippen LogP contribution in [-0.2, 0) is 14.8 Å². The molecule has 0 aromatic rings. The van der Waals surface area contributed by atoms with Gasteiger partial charge in [0.25, 0.3) is 0 Å². The number of sulfonamides is 1. The molecule has 0 radical (unpaired) electrons. The van der Waals surface area contributed by atoms with Gasteiger partial charge in [-0.3, -0.25) is 4.79 Å². The summed E-state index contributed by atoms with van der Waals surface area (Å²) >= 11 is 0. The van der Waals surface area contributed by atoms with Gasteiger partial charge in [-0.05, 0) is 0 Å². The van der Waals surface area contributed by atoms with Gasteiger partial charge in [-0.15, -0.1) is 6.58 Å². The van der Waals surface area contributed by atoms with E-state index in [4.69, 9.17) is 5.11 Å². The maximum atomic E-state index is 10.3. The highest BCUT2D eigenvalue weighted by molar-refractivity contribution is 7.90. The van der Waals surface area contributed by atoms with Gasteiger partial charge in [-0.2, -0.15) is 0 Å². The number of primary sulfonamides is 1. The minimum atomic E-state index is -4.03. The van der Waals surface area contributed by atoms with Crippen molar-refractivity contribution in [3.05, 3.63) is 12.7 Å². The molecule has 0 aromatic carbocycles. The molecular weight excluding hydrogens is 158 g/mol. The summed E-state index contributed by atoms with van der Waals surface area (Å²) in [6.07, 6.45) is 0.762. The largest absolute Gasteiger partial charge is 0.480 e. The van der Waals surface area contributed by atoms with Crippen LogP contribution < -0.4 is 5.14 Å². The van der Waals surface area contributed by atoms with Gasteiger partial charge in [-0.25, -0.2) is 13.6 Å². The molecule has 0 amide bonds. The number of nitrogens with two attached hydrogens (primary N) is 1. The number of carboxylic acids is 1. The Balaban J connectivity index is 4.72. The molecule has 1 atom stereocenters. The van der Waals surface area contributed by atoms with Crippen LogP contribution in [-0.4, -0.2) is 24.7 Å². The molecule has 3 N–H and O–H groups in total. The van der Waals surface area contributed by atoms with Gasteiger partial charge >= 0.3 is 5.97 Å². The zero-order valence-corrected chi connectivity index (χ0v) is 5.84. The van der Waals surface area contributed by atoms with Gasteiger partial charge in [0.1, 0.15) is 0 Å². The van der Waals surface area contributed by atoms with Crippen LogP contribution in [0.5, 0.6) is 0 Å². The van der Waals surface area contributed by atoms with E-state index in [2.05, 4.69) is 11.7 Å². The molecule has 0 aliphatic carbocycles. The highest BCUT2D eigenvalue weighted by Crippen LogP contribution is 1.95. The van der Waals surface area contributed by atoms with Crippen molar-refractivity contribution in [2.75, 3.05) is 0 Å². The predicted molar refractivity (Wildman–Crippen MR) is 34.7 cm³/mol. The summed E-state index contributed by atoms with van der Waals surface area (Å²) in [5.74, 6) is -1.52. The number of rotatable bonds is 3. The quantitative estimate of drug-likeness (QED) is 0.519. The molecule has 0 rings (SSSR count). The van der Waals surface area contributed by atoms with E-state index in [1.165, 1.54) is 0 Å². The fourth-order valence-electron chi connectivity index (χ4n) is 0.375. The first-order chi connectivity index (χ1) is 4.39. The number of hydrogen-bond donors (Lipinski definition) is 2. The second kappa shape index (κ2) is 2.80. The number of carboxylic acid groups (broad SMARTS) is 1. The Labute approximate surface area is 58.2 Å². The van der Waals surface area contributed by atoms with Crippen molar-refractivity contribution in [1.82, 2.24) is 0 Å². The Morgan fingerprint density at radius 2 is 2.10 bits per heavy atom. The van der Waals surface area contributed by atoms with Gasteiger partial charge in [0.15, 0.2) is 5.25 Å². The topological polar surface area (TPSA) is 97.5 Å². The molecule has 0 saturated heterocycles. The smallest absolute Gasteiger partial charge is 0.327 e. The summed E-state index contributed by atoms with van der Waals surface area (Å²) in [5, 5.41) is 11.0. The lowest BCUT2D eigenvalue weighted by atomic mass is 10.4. The van der Waals surface area contributed by atoms with E-state index in [1.807, 2.05) is 0 Å². The van der Waals surface area contributed by atoms with Crippen molar-refractivity contribution < 1.29 is 18.3 Å². The fourth-order valence-corrected chi connectivity index (χ4v) is 0.925. The Hall–Kier alpha value is -0.880. The Morgan fingerprint density at radius 1 is 1.70 bits per heavy atom. The zero-order valence-electron chi connectivity index (χ0n) is 5.02. The third-order valence-corrected chi connectivity index (χ3v) is 1.91. The lowest BCUT2D eigenvalue weighted by Crippen LogP contribution is -2.33. The first-order valence-electron chi connectivity index (χ1n) is 2.26. The monoisotopic (exact) mass is 165 g/mol. The Bertz CT molecular complexity index is 242. The van der Waals surface area contributed by atoms with Crippen molar-refractivity contribution >= 4 is 16.0 Å². The maximum absolute atomic E-state index is 10.3. The molecular formula is C4H7NO4S. The number of aliphatic carboxylic acids is 1. The maximum Gasteiger partial charge on any atom is 0.327 e. The van der Waals surface area contributed by atoms with Crippen molar-refractivity contribution in [3.8, 4) is 0 Å². The standard InChI is InChI=1S/C4H7NO4S/c1-2-3(4(6)7)10(5,8)9/h2-3H,1H2,(H,6,7)(H2,5,8,9). The van der Waals surface area contributed by atoms with Crippen LogP contribution in [0.4, 0.5) is 0 Å². The Morgan fingerprint density at radius 3 is 2.10 bits per heavy atom. The van der Waals surface area contributed by atoms with Gasteiger partial charge in [-0.1, -0.05) is 6.08 Å². The number of carbonyl (C=O) groups is 1. The molecule has 0 aliphatic heterocycles. The van der Waals surface area contributed by atoms with Gasteiger partial charge < -0.3 is 5.11 Å². The predicted octanol–water partition coefficient (Wildman–Crippen LogP) is -1.09. The van der Waals surface area contributed by atoms with Crippen LogP contribution in [0.2, 0.25) is 0 Å². The third-order valence-electron chi connectivity index (χ3n) is 0.811. The van der Waals surface area contributed by atoms with Crippen LogP contribution in [0, 0.1) is 0 Å². The van der Waals surface area contributed by atoms with Gasteiger partial charge in [0, 0.05) is 0 Å². The SMILES string of the molecule is C=CC(C(=O)O)S(N)(=O)=O. The van der Waals surface area contributed by atoms with E-state index in [-0.39, 0.29) is 0 Å². The molecule has 58 valence electrons. The molecule has 1 unspecified atom stereocenters. The van der Waals surface area contributed by atoms with Crippen molar-refractivity contribution in [2.24, 2.45) is 5.14 Å². The van der Waals surface area contributed by atoms with E-state index in [0.717, 1.165) is 6.08 Å². The molecule has 0 fully saturated rings. The van der Waals surface area contributed by atoms with Crippen LogP contribution in [0.25, 0.3) is 0 Å². The molecule has 0 spiro atoms. The van der Waals surface area contributed by atoms with Crippen LogP contribution in [0.3, 0.4) is 0 Å². The normalized spacial score (nSPS) is 14.1. The van der Waals surface area contributed by atoms with Gasteiger partial charge in [0.05, 0.1) is 0 Å². The van der Waals surface area contributed by atoms with Crippen LogP contribution in [0.15, 0.2) is 12.7 Å². The molecule has 0 aliphatic rings. The summed E-state index contributed by atoms with van der Waals surface area (Å²) in [6.45, 7) is 3.01. The minimum Gasteiger partial charge on any atom is -0.480 e. The third kappa shape index (κ3) is 2.16. The van der Waals surface area contributed by atoms with Crippen molar-refractivity contribution in [1.29, 1.82) is 0 Å². The second-order valence-electron chi connectivity index (χ2n) is 1.58. The van der Waals surface area contributed by atoms with E-state index in [9.17, 15) is 13.2 Å². The average Bonchev–Trinajstić information content (AvgIpc) is 1.60.